The van der Waals surface area contributed by atoms with Crippen molar-refractivity contribution in [3.05, 3.63) is 29.8 Å². The van der Waals surface area contributed by atoms with Gasteiger partial charge in [0.1, 0.15) is 5.75 Å². The van der Waals surface area contributed by atoms with Gasteiger partial charge in [-0.15, -0.1) is 0 Å². The van der Waals surface area contributed by atoms with Gasteiger partial charge in [-0.3, -0.25) is 0 Å². The van der Waals surface area contributed by atoms with E-state index in [0.717, 1.165) is 24.8 Å². The lowest BCUT2D eigenvalue weighted by molar-refractivity contribution is 0.474. The third kappa shape index (κ3) is 1.65. The number of benzene rings is 1. The molecule has 0 bridgehead atoms. The molecule has 0 amide bonds. The molecule has 1 fully saturated rings. The summed E-state index contributed by atoms with van der Waals surface area (Å²) >= 11 is 0. The van der Waals surface area contributed by atoms with Crippen LogP contribution in [0.4, 0.5) is 0 Å². The van der Waals surface area contributed by atoms with Crippen molar-refractivity contribution >= 4 is 0 Å². The zero-order valence-electron chi connectivity index (χ0n) is 7.33. The number of aromatic hydroxyl groups is 1. The molecule has 66 valence electrons. The van der Waals surface area contributed by atoms with Crippen molar-refractivity contribution in [1.82, 2.24) is 0 Å². The van der Waals surface area contributed by atoms with Crippen LogP contribution in [0.25, 0.3) is 0 Å². The molecule has 1 aromatic carbocycles. The third-order valence-electron chi connectivity index (χ3n) is 2.54. The fourth-order valence-electron chi connectivity index (χ4n) is 1.54. The number of nitriles is 1. The van der Waals surface area contributed by atoms with Crippen molar-refractivity contribution < 1.29 is 5.11 Å². The average Bonchev–Trinajstić information content (AvgIpc) is 2.86. The van der Waals surface area contributed by atoms with Crippen molar-refractivity contribution in [2.75, 3.05) is 0 Å². The summed E-state index contributed by atoms with van der Waals surface area (Å²) in [5, 5.41) is 18.1. The summed E-state index contributed by atoms with van der Waals surface area (Å²) < 4.78 is 0. The van der Waals surface area contributed by atoms with E-state index < -0.39 is 0 Å². The Kier molecular flexibility index (Phi) is 1.73. The monoisotopic (exact) mass is 173 g/mol. The highest BCUT2D eigenvalue weighted by Gasteiger charge is 2.42. The molecule has 2 nitrogen and oxygen atoms in total. The molecule has 0 heterocycles. The minimum absolute atomic E-state index is 0.117. The standard InChI is InChI=1S/C11H11NO/c12-8-11(4-5-11)7-9-2-1-3-10(13)6-9/h1-3,6,13H,4-5,7H2. The summed E-state index contributed by atoms with van der Waals surface area (Å²) in [5.41, 5.74) is 0.937. The van der Waals surface area contributed by atoms with E-state index >= 15 is 0 Å². The second-order valence-corrected chi connectivity index (χ2v) is 3.74. The molecule has 0 saturated heterocycles. The maximum absolute atomic E-state index is 9.22. The molecule has 1 aromatic rings. The van der Waals surface area contributed by atoms with Gasteiger partial charge in [-0.25, -0.2) is 0 Å². The first-order valence-corrected chi connectivity index (χ1v) is 4.43. The van der Waals surface area contributed by atoms with Crippen molar-refractivity contribution in [2.45, 2.75) is 19.3 Å². The van der Waals surface area contributed by atoms with Crippen molar-refractivity contribution in [2.24, 2.45) is 5.41 Å². The molecule has 0 aromatic heterocycles. The van der Waals surface area contributed by atoms with E-state index in [1.807, 2.05) is 12.1 Å². The molecule has 0 spiro atoms. The van der Waals surface area contributed by atoms with E-state index in [1.54, 1.807) is 12.1 Å². The van der Waals surface area contributed by atoms with Gasteiger partial charge in [0.05, 0.1) is 11.5 Å². The van der Waals surface area contributed by atoms with Crippen LogP contribution in [-0.4, -0.2) is 5.11 Å². The maximum Gasteiger partial charge on any atom is 0.115 e. The minimum Gasteiger partial charge on any atom is -0.508 e. The van der Waals surface area contributed by atoms with Gasteiger partial charge in [-0.05, 0) is 37.0 Å². The first kappa shape index (κ1) is 8.12. The van der Waals surface area contributed by atoms with Crippen LogP contribution in [-0.2, 0) is 6.42 Å². The quantitative estimate of drug-likeness (QED) is 0.745. The topological polar surface area (TPSA) is 44.0 Å². The van der Waals surface area contributed by atoms with Crippen LogP contribution in [0.15, 0.2) is 24.3 Å². The van der Waals surface area contributed by atoms with Crippen molar-refractivity contribution in [3.8, 4) is 11.8 Å². The van der Waals surface area contributed by atoms with E-state index in [9.17, 15) is 5.11 Å². The van der Waals surface area contributed by atoms with Crippen LogP contribution in [0.1, 0.15) is 18.4 Å². The number of phenols is 1. The van der Waals surface area contributed by atoms with Crippen LogP contribution in [0, 0.1) is 16.7 Å². The molecule has 0 radical (unpaired) electrons. The Bertz CT molecular complexity index is 361. The third-order valence-corrected chi connectivity index (χ3v) is 2.54. The highest BCUT2D eigenvalue weighted by Crippen LogP contribution is 2.47. The largest absolute Gasteiger partial charge is 0.508 e. The SMILES string of the molecule is N#CC1(Cc2cccc(O)c2)CC1. The molecule has 1 saturated carbocycles. The second-order valence-electron chi connectivity index (χ2n) is 3.74. The predicted molar refractivity (Wildman–Crippen MR) is 49.1 cm³/mol. The van der Waals surface area contributed by atoms with E-state index in [1.165, 1.54) is 0 Å². The van der Waals surface area contributed by atoms with Crippen LogP contribution in [0.5, 0.6) is 5.75 Å². The number of phenolic OH excluding ortho intramolecular Hbond substituents is 1. The van der Waals surface area contributed by atoms with Gasteiger partial charge in [-0.1, -0.05) is 12.1 Å². The van der Waals surface area contributed by atoms with Gasteiger partial charge in [-0.2, -0.15) is 5.26 Å². The Morgan fingerprint density at radius 3 is 2.77 bits per heavy atom. The molecular formula is C11H11NO. The molecular weight excluding hydrogens is 162 g/mol. The van der Waals surface area contributed by atoms with E-state index in [0.29, 0.717) is 0 Å². The fourth-order valence-corrected chi connectivity index (χ4v) is 1.54. The normalized spacial score (nSPS) is 17.8. The minimum atomic E-state index is -0.117. The van der Waals surface area contributed by atoms with Crippen LogP contribution < -0.4 is 0 Å². The van der Waals surface area contributed by atoms with E-state index in [2.05, 4.69) is 6.07 Å². The van der Waals surface area contributed by atoms with Crippen molar-refractivity contribution in [3.63, 3.8) is 0 Å². The molecule has 2 rings (SSSR count). The Morgan fingerprint density at radius 2 is 2.23 bits per heavy atom. The lowest BCUT2D eigenvalue weighted by Gasteiger charge is -2.05. The summed E-state index contributed by atoms with van der Waals surface area (Å²) in [6.45, 7) is 0. The van der Waals surface area contributed by atoms with Gasteiger partial charge >= 0.3 is 0 Å². The molecule has 1 aliphatic carbocycles. The van der Waals surface area contributed by atoms with Gasteiger partial charge in [0.2, 0.25) is 0 Å². The summed E-state index contributed by atoms with van der Waals surface area (Å²) in [4.78, 5) is 0. The van der Waals surface area contributed by atoms with Crippen LogP contribution in [0.2, 0.25) is 0 Å². The number of hydrogen-bond acceptors (Lipinski definition) is 2. The van der Waals surface area contributed by atoms with E-state index in [4.69, 9.17) is 5.26 Å². The predicted octanol–water partition coefficient (Wildman–Crippen LogP) is 2.24. The van der Waals surface area contributed by atoms with Crippen LogP contribution in [0.3, 0.4) is 0 Å². The van der Waals surface area contributed by atoms with Crippen molar-refractivity contribution in [1.29, 1.82) is 5.26 Å². The highest BCUT2D eigenvalue weighted by atomic mass is 16.3. The summed E-state index contributed by atoms with van der Waals surface area (Å²) in [5.74, 6) is 0.284. The van der Waals surface area contributed by atoms with Gasteiger partial charge < -0.3 is 5.11 Å². The molecule has 0 aliphatic heterocycles. The first-order chi connectivity index (χ1) is 6.24. The summed E-state index contributed by atoms with van der Waals surface area (Å²) in [7, 11) is 0. The zero-order chi connectivity index (χ0) is 9.31. The Balaban J connectivity index is 2.15. The first-order valence-electron chi connectivity index (χ1n) is 4.43. The smallest absolute Gasteiger partial charge is 0.115 e. The number of rotatable bonds is 2. The Hall–Kier alpha value is -1.49. The molecule has 0 atom stereocenters. The van der Waals surface area contributed by atoms with E-state index in [-0.39, 0.29) is 11.2 Å². The van der Waals surface area contributed by atoms with Gasteiger partial charge in [0, 0.05) is 0 Å². The second kappa shape index (κ2) is 2.77. The van der Waals surface area contributed by atoms with Crippen LogP contribution >= 0.6 is 0 Å². The molecule has 13 heavy (non-hydrogen) atoms. The highest BCUT2D eigenvalue weighted by molar-refractivity contribution is 5.30. The molecule has 2 heteroatoms. The zero-order valence-corrected chi connectivity index (χ0v) is 7.33. The molecule has 1 N–H and O–H groups in total. The fraction of sp³-hybridized carbons (Fsp3) is 0.364. The summed E-state index contributed by atoms with van der Waals surface area (Å²) in [6.07, 6.45) is 2.77. The Morgan fingerprint density at radius 1 is 1.46 bits per heavy atom. The lowest BCUT2D eigenvalue weighted by Crippen LogP contribution is -2.00. The number of hydrogen-bond donors (Lipinski definition) is 1. The van der Waals surface area contributed by atoms with Gasteiger partial charge in [0.25, 0.3) is 0 Å². The summed E-state index contributed by atoms with van der Waals surface area (Å²) in [6, 6.07) is 9.49. The van der Waals surface area contributed by atoms with Gasteiger partial charge in [0.15, 0.2) is 0 Å². The average molecular weight is 173 g/mol. The Labute approximate surface area is 77.4 Å². The molecule has 1 aliphatic rings. The lowest BCUT2D eigenvalue weighted by atomic mass is 9.98. The maximum atomic E-state index is 9.22. The number of nitrogens with zero attached hydrogens (tertiary/aromatic N) is 1. The molecule has 0 unspecified atom stereocenters.